The Kier molecular flexibility index (Phi) is 11.0. The number of methoxy groups -OCH3 is 1. The van der Waals surface area contributed by atoms with Crippen LogP contribution in [0.4, 0.5) is 35.0 Å². The number of halogens is 3. The highest BCUT2D eigenvalue weighted by molar-refractivity contribution is 6.02. The highest BCUT2D eigenvalue weighted by Crippen LogP contribution is 2.35. The van der Waals surface area contributed by atoms with Crippen molar-refractivity contribution in [2.45, 2.75) is 51.4 Å². The average Bonchev–Trinajstić information content (AvgIpc) is 2.87. The number of anilines is 3. The van der Waals surface area contributed by atoms with Gasteiger partial charge in [0, 0.05) is 44.5 Å². The third-order valence-corrected chi connectivity index (χ3v) is 6.38. The van der Waals surface area contributed by atoms with Gasteiger partial charge in [-0.05, 0) is 60.7 Å². The first-order valence-electron chi connectivity index (χ1n) is 13.1. The Morgan fingerprint density at radius 3 is 2.35 bits per heavy atom. The van der Waals surface area contributed by atoms with Gasteiger partial charge in [-0.1, -0.05) is 19.9 Å². The number of amides is 2. The average molecular weight is 568 g/mol. The molecule has 3 rings (SSSR count). The molecule has 1 atom stereocenters. The molecule has 1 saturated heterocycles. The lowest BCUT2D eigenvalue weighted by Crippen LogP contribution is -2.42. The number of nitrogens with zero attached hydrogens (tertiary/aromatic N) is 1. The SMILES string of the molecule is COCC(CC(=O)O)c1ccc(N(CC(C)C)C2CCOCC2)c(NC(=O)Nc2ccc(OC(F)(F)F)cc2)c1. The van der Waals surface area contributed by atoms with E-state index >= 15 is 0 Å². The number of alkyl halides is 3. The van der Waals surface area contributed by atoms with E-state index < -0.39 is 30.0 Å². The highest BCUT2D eigenvalue weighted by atomic mass is 19.4. The molecule has 1 aliphatic heterocycles. The van der Waals surface area contributed by atoms with E-state index in [0.29, 0.717) is 30.4 Å². The van der Waals surface area contributed by atoms with E-state index in [-0.39, 0.29) is 24.8 Å². The van der Waals surface area contributed by atoms with Crippen LogP contribution in [0.5, 0.6) is 5.75 Å². The van der Waals surface area contributed by atoms with E-state index in [2.05, 4.69) is 34.1 Å². The molecular formula is C28H36F3N3O6. The fraction of sp³-hybridized carbons (Fsp3) is 0.500. The molecular weight excluding hydrogens is 531 g/mol. The van der Waals surface area contributed by atoms with Crippen LogP contribution in [-0.4, -0.2) is 63.0 Å². The Hall–Kier alpha value is -3.51. The normalized spacial score (nSPS) is 15.0. The molecule has 0 spiro atoms. The van der Waals surface area contributed by atoms with Crippen LogP contribution >= 0.6 is 0 Å². The fourth-order valence-electron chi connectivity index (χ4n) is 4.70. The standard InChI is InChI=1S/C28H36F3N3O6/c1-18(2)16-34(22-10-12-39-13-11-22)25-9-4-19(20(17-38-3)15-26(35)36)14-24(25)33-27(37)32-21-5-7-23(8-6-21)40-28(29,30)31/h4-9,14,18,20,22H,10-13,15-17H2,1-3H3,(H,35,36)(H2,32,33,37). The summed E-state index contributed by atoms with van der Waals surface area (Å²) in [7, 11) is 1.50. The Morgan fingerprint density at radius 2 is 1.77 bits per heavy atom. The molecule has 220 valence electrons. The van der Waals surface area contributed by atoms with Crippen LogP contribution < -0.4 is 20.3 Å². The zero-order valence-electron chi connectivity index (χ0n) is 22.8. The zero-order valence-corrected chi connectivity index (χ0v) is 22.8. The Morgan fingerprint density at radius 1 is 1.10 bits per heavy atom. The van der Waals surface area contributed by atoms with Crippen LogP contribution in [0, 0.1) is 5.92 Å². The molecule has 9 nitrogen and oxygen atoms in total. The summed E-state index contributed by atoms with van der Waals surface area (Å²) >= 11 is 0. The molecule has 0 bridgehead atoms. The summed E-state index contributed by atoms with van der Waals surface area (Å²) in [5.41, 5.74) is 2.20. The van der Waals surface area contributed by atoms with Gasteiger partial charge in [0.2, 0.25) is 0 Å². The lowest BCUT2D eigenvalue weighted by atomic mass is 9.94. The molecule has 0 aliphatic carbocycles. The molecule has 1 aliphatic rings. The summed E-state index contributed by atoms with van der Waals surface area (Å²) < 4.78 is 52.1. The zero-order chi connectivity index (χ0) is 29.3. The number of hydrogen-bond acceptors (Lipinski definition) is 6. The molecule has 0 aromatic heterocycles. The fourth-order valence-corrected chi connectivity index (χ4v) is 4.70. The second kappa shape index (κ2) is 14.2. The van der Waals surface area contributed by atoms with Crippen molar-refractivity contribution in [2.75, 3.05) is 49.0 Å². The van der Waals surface area contributed by atoms with Crippen LogP contribution in [-0.2, 0) is 14.3 Å². The summed E-state index contributed by atoms with van der Waals surface area (Å²) in [4.78, 5) is 26.8. The van der Waals surface area contributed by atoms with Gasteiger partial charge in [-0.15, -0.1) is 13.2 Å². The largest absolute Gasteiger partial charge is 0.573 e. The van der Waals surface area contributed by atoms with Gasteiger partial charge in [0.1, 0.15) is 5.75 Å². The van der Waals surface area contributed by atoms with Gasteiger partial charge in [-0.2, -0.15) is 0 Å². The monoisotopic (exact) mass is 567 g/mol. The summed E-state index contributed by atoms with van der Waals surface area (Å²) in [6, 6.07) is 9.88. The van der Waals surface area contributed by atoms with Gasteiger partial charge in [0.15, 0.2) is 0 Å². The number of carboxylic acids is 1. The molecule has 0 saturated carbocycles. The van der Waals surface area contributed by atoms with Crippen molar-refractivity contribution in [3.63, 3.8) is 0 Å². The topological polar surface area (TPSA) is 109 Å². The molecule has 0 radical (unpaired) electrons. The van der Waals surface area contributed by atoms with Crippen LogP contribution in [0.25, 0.3) is 0 Å². The van der Waals surface area contributed by atoms with Crippen molar-refractivity contribution in [3.05, 3.63) is 48.0 Å². The van der Waals surface area contributed by atoms with E-state index in [9.17, 15) is 27.9 Å². The molecule has 2 aromatic rings. The quantitative estimate of drug-likeness (QED) is 0.285. The minimum atomic E-state index is -4.82. The van der Waals surface area contributed by atoms with Crippen molar-refractivity contribution in [1.29, 1.82) is 0 Å². The third-order valence-electron chi connectivity index (χ3n) is 6.38. The predicted octanol–water partition coefficient (Wildman–Crippen LogP) is 6.08. The van der Waals surface area contributed by atoms with Gasteiger partial charge in [0.25, 0.3) is 0 Å². The van der Waals surface area contributed by atoms with E-state index in [1.165, 1.54) is 19.2 Å². The molecule has 1 unspecified atom stereocenters. The van der Waals surface area contributed by atoms with Crippen LogP contribution in [0.1, 0.15) is 44.6 Å². The first kappa shape index (κ1) is 31.0. The Bertz CT molecular complexity index is 1120. The van der Waals surface area contributed by atoms with Gasteiger partial charge >= 0.3 is 18.4 Å². The van der Waals surface area contributed by atoms with Crippen molar-refractivity contribution in [2.24, 2.45) is 5.92 Å². The minimum absolute atomic E-state index is 0.152. The van der Waals surface area contributed by atoms with Gasteiger partial charge in [-0.3, -0.25) is 4.79 Å². The second-order valence-corrected chi connectivity index (χ2v) is 10.1. The molecule has 2 aromatic carbocycles. The van der Waals surface area contributed by atoms with Crippen LogP contribution in [0.15, 0.2) is 42.5 Å². The van der Waals surface area contributed by atoms with E-state index in [1.54, 1.807) is 6.07 Å². The van der Waals surface area contributed by atoms with Gasteiger partial charge in [0.05, 0.1) is 24.4 Å². The van der Waals surface area contributed by atoms with E-state index in [1.807, 2.05) is 12.1 Å². The van der Waals surface area contributed by atoms with Crippen molar-refractivity contribution in [1.82, 2.24) is 0 Å². The lowest BCUT2D eigenvalue weighted by molar-refractivity contribution is -0.274. The number of rotatable bonds is 12. The second-order valence-electron chi connectivity index (χ2n) is 10.1. The van der Waals surface area contributed by atoms with Crippen molar-refractivity contribution >= 4 is 29.1 Å². The van der Waals surface area contributed by atoms with Crippen molar-refractivity contribution in [3.8, 4) is 5.75 Å². The van der Waals surface area contributed by atoms with Crippen LogP contribution in [0.3, 0.4) is 0 Å². The van der Waals surface area contributed by atoms with E-state index in [4.69, 9.17) is 9.47 Å². The van der Waals surface area contributed by atoms with Crippen molar-refractivity contribution < 1.29 is 42.1 Å². The Labute approximate surface area is 231 Å². The first-order chi connectivity index (χ1) is 18.9. The Balaban J connectivity index is 1.92. The number of carbonyl (C=O) groups is 2. The first-order valence-corrected chi connectivity index (χ1v) is 13.1. The molecule has 2 amide bonds. The molecule has 12 heteroatoms. The maximum absolute atomic E-state index is 13.1. The predicted molar refractivity (Wildman–Crippen MR) is 145 cm³/mol. The summed E-state index contributed by atoms with van der Waals surface area (Å²) in [5.74, 6) is -1.50. The molecule has 3 N–H and O–H groups in total. The number of hydrogen-bond donors (Lipinski definition) is 3. The van der Waals surface area contributed by atoms with E-state index in [0.717, 1.165) is 37.2 Å². The number of carboxylic acid groups (broad SMARTS) is 1. The number of nitrogens with one attached hydrogen (secondary N) is 2. The number of ether oxygens (including phenoxy) is 3. The van der Waals surface area contributed by atoms with Crippen LogP contribution in [0.2, 0.25) is 0 Å². The summed E-state index contributed by atoms with van der Waals surface area (Å²) in [6.45, 7) is 6.37. The number of aliphatic carboxylic acids is 1. The smallest absolute Gasteiger partial charge is 0.481 e. The minimum Gasteiger partial charge on any atom is -0.481 e. The number of benzene rings is 2. The summed E-state index contributed by atoms with van der Waals surface area (Å²) in [6.07, 6.45) is -3.34. The van der Waals surface area contributed by atoms with Gasteiger partial charge < -0.3 is 34.9 Å². The van der Waals surface area contributed by atoms with Gasteiger partial charge in [-0.25, -0.2) is 4.79 Å². The number of carbonyl (C=O) groups excluding carboxylic acids is 1. The third kappa shape index (κ3) is 9.60. The lowest BCUT2D eigenvalue weighted by Gasteiger charge is -2.38. The maximum atomic E-state index is 13.1. The molecule has 1 heterocycles. The summed E-state index contributed by atoms with van der Waals surface area (Å²) in [5, 5.41) is 14.9. The maximum Gasteiger partial charge on any atom is 0.573 e. The molecule has 1 fully saturated rings. The number of urea groups is 1. The molecule has 40 heavy (non-hydrogen) atoms. The highest BCUT2D eigenvalue weighted by Gasteiger charge is 2.31.